The molecule has 2 nitrogen and oxygen atoms in total. The van der Waals surface area contributed by atoms with Crippen molar-refractivity contribution in [3.63, 3.8) is 0 Å². The molecule has 0 saturated heterocycles. The Labute approximate surface area is 232 Å². The van der Waals surface area contributed by atoms with Crippen molar-refractivity contribution in [3.05, 3.63) is 77.6 Å². The Morgan fingerprint density at radius 3 is 2.10 bits per heavy atom. The molecule has 2 aromatic carbocycles. The van der Waals surface area contributed by atoms with Crippen LogP contribution in [0, 0.1) is 29.4 Å². The first-order chi connectivity index (χ1) is 19.1. The maximum Gasteiger partial charge on any atom is 0.400 e. The quantitative estimate of drug-likeness (QED) is 0.210. The Morgan fingerprint density at radius 1 is 0.900 bits per heavy atom. The summed E-state index contributed by atoms with van der Waals surface area (Å²) in [4.78, 5) is 0. The normalized spacial score (nSPS) is 23.7. The largest absolute Gasteiger partial charge is 0.453 e. The summed E-state index contributed by atoms with van der Waals surface area (Å²) in [5, 5.41) is 0. The number of allylic oxidation sites excluding steroid dienone is 1. The highest BCUT2D eigenvalue weighted by molar-refractivity contribution is 5.52. The van der Waals surface area contributed by atoms with Crippen LogP contribution in [0.1, 0.15) is 88.2 Å². The van der Waals surface area contributed by atoms with Crippen molar-refractivity contribution in [3.8, 4) is 11.5 Å². The summed E-state index contributed by atoms with van der Waals surface area (Å²) in [6.07, 6.45) is 6.53. The van der Waals surface area contributed by atoms with E-state index >= 15 is 0 Å². The predicted molar refractivity (Wildman–Crippen MR) is 143 cm³/mol. The molecule has 8 heteroatoms. The van der Waals surface area contributed by atoms with Crippen LogP contribution >= 0.6 is 0 Å². The van der Waals surface area contributed by atoms with E-state index in [0.29, 0.717) is 24.7 Å². The van der Waals surface area contributed by atoms with E-state index in [1.807, 2.05) is 18.2 Å². The minimum absolute atomic E-state index is 0.00895. The van der Waals surface area contributed by atoms with Gasteiger partial charge in [-0.25, -0.2) is 8.78 Å². The fourth-order valence-corrected chi connectivity index (χ4v) is 6.03. The van der Waals surface area contributed by atoms with E-state index in [4.69, 9.17) is 4.74 Å². The van der Waals surface area contributed by atoms with E-state index < -0.39 is 35.5 Å². The van der Waals surface area contributed by atoms with E-state index in [1.54, 1.807) is 18.2 Å². The number of hydrogen-bond acceptors (Lipinski definition) is 2. The van der Waals surface area contributed by atoms with Crippen molar-refractivity contribution < 1.29 is 35.8 Å². The zero-order valence-corrected chi connectivity index (χ0v) is 22.7. The maximum atomic E-state index is 14.8. The van der Waals surface area contributed by atoms with Gasteiger partial charge in [-0.05, 0) is 105 Å². The molecule has 0 spiro atoms. The van der Waals surface area contributed by atoms with Crippen molar-refractivity contribution in [2.24, 2.45) is 17.8 Å². The van der Waals surface area contributed by atoms with Crippen molar-refractivity contribution in [1.82, 2.24) is 0 Å². The minimum atomic E-state index is -3.17. The van der Waals surface area contributed by atoms with Crippen LogP contribution in [0.3, 0.4) is 0 Å². The summed E-state index contributed by atoms with van der Waals surface area (Å²) in [7, 11) is 0. The molecule has 0 bridgehead atoms. The highest BCUT2D eigenvalue weighted by atomic mass is 19.3. The molecule has 2 aliphatic rings. The van der Waals surface area contributed by atoms with Crippen LogP contribution in [0.5, 0.6) is 11.5 Å². The van der Waals surface area contributed by atoms with Gasteiger partial charge >= 0.3 is 12.2 Å². The topological polar surface area (TPSA) is 18.5 Å². The molecule has 218 valence electrons. The summed E-state index contributed by atoms with van der Waals surface area (Å²) in [5.74, 6) is -2.50. The molecule has 40 heavy (non-hydrogen) atoms. The Morgan fingerprint density at radius 2 is 1.52 bits per heavy atom. The summed E-state index contributed by atoms with van der Waals surface area (Å²) in [5.41, 5.74) is 1.35. The first-order valence-corrected chi connectivity index (χ1v) is 14.2. The number of benzene rings is 2. The maximum absolute atomic E-state index is 14.8. The number of halogens is 6. The predicted octanol–water partition coefficient (Wildman–Crippen LogP) is 10.6. The van der Waals surface area contributed by atoms with Gasteiger partial charge < -0.3 is 9.47 Å². The highest BCUT2D eigenvalue weighted by Gasteiger charge is 2.43. The summed E-state index contributed by atoms with van der Waals surface area (Å²) >= 11 is 0. The van der Waals surface area contributed by atoms with E-state index in [-0.39, 0.29) is 23.5 Å². The van der Waals surface area contributed by atoms with E-state index in [2.05, 4.69) is 11.7 Å². The molecule has 2 aliphatic carbocycles. The lowest BCUT2D eigenvalue weighted by Gasteiger charge is -2.33. The smallest absolute Gasteiger partial charge is 0.400 e. The fourth-order valence-electron chi connectivity index (χ4n) is 6.03. The second-order valence-electron chi connectivity index (χ2n) is 11.0. The molecule has 0 amide bonds. The zero-order chi connectivity index (χ0) is 28.7. The summed E-state index contributed by atoms with van der Waals surface area (Å²) < 4.78 is 91.7. The van der Waals surface area contributed by atoms with Crippen LogP contribution in [0.15, 0.2) is 54.8 Å². The van der Waals surface area contributed by atoms with Gasteiger partial charge in [0.2, 0.25) is 0 Å². The van der Waals surface area contributed by atoms with Gasteiger partial charge in [0.05, 0.1) is 5.92 Å². The van der Waals surface area contributed by atoms with Gasteiger partial charge in [-0.1, -0.05) is 44.1 Å². The van der Waals surface area contributed by atoms with E-state index in [0.717, 1.165) is 69.1 Å². The molecule has 4 rings (SSSR count). The molecule has 0 aliphatic heterocycles. The van der Waals surface area contributed by atoms with Crippen LogP contribution in [0.25, 0.3) is 6.08 Å². The number of rotatable bonds is 10. The number of hydrogen-bond donors (Lipinski definition) is 0. The summed E-state index contributed by atoms with van der Waals surface area (Å²) in [6, 6.07) is 9.07. The van der Waals surface area contributed by atoms with Gasteiger partial charge in [0.15, 0.2) is 23.6 Å². The van der Waals surface area contributed by atoms with Gasteiger partial charge in [0.25, 0.3) is 0 Å². The minimum Gasteiger partial charge on any atom is -0.453 e. The van der Waals surface area contributed by atoms with Crippen LogP contribution < -0.4 is 9.47 Å². The van der Waals surface area contributed by atoms with Crippen LogP contribution in [0.4, 0.5) is 26.3 Å². The molecule has 2 aromatic rings. The van der Waals surface area contributed by atoms with Crippen molar-refractivity contribution in [2.45, 2.75) is 83.2 Å². The molecular formula is C32H36F6O2. The van der Waals surface area contributed by atoms with Crippen molar-refractivity contribution >= 4 is 6.08 Å². The Kier molecular flexibility index (Phi) is 10.3. The third-order valence-corrected chi connectivity index (χ3v) is 8.24. The molecule has 0 aromatic heterocycles. The standard InChI is InChI=1S/C32H36F6O2/c1-2-3-21-8-14-26(15-9-21)32(37,38)40-27-16-12-25(13-17-27)24-10-6-22(7-11-24)4-5-23-18-28(33)31(29(34)19-23)39-20-30(35)36/h4-5,12-13,16-22,24,26H,2-3,6-11,14-15H2,1H3/b5-4+. The lowest BCUT2D eigenvalue weighted by atomic mass is 9.78. The van der Waals surface area contributed by atoms with Crippen LogP contribution in [-0.4, -0.2) is 6.11 Å². The molecule has 0 atom stereocenters. The molecule has 2 fully saturated rings. The highest BCUT2D eigenvalue weighted by Crippen LogP contribution is 2.42. The van der Waals surface area contributed by atoms with Gasteiger partial charge in [-0.2, -0.15) is 17.6 Å². The summed E-state index contributed by atoms with van der Waals surface area (Å²) in [6.45, 7) is 2.13. The molecular weight excluding hydrogens is 530 g/mol. The van der Waals surface area contributed by atoms with E-state index in [9.17, 15) is 26.3 Å². The Bertz CT molecular complexity index is 1130. The van der Waals surface area contributed by atoms with Gasteiger partial charge in [-0.15, -0.1) is 0 Å². The number of ether oxygens (including phenoxy) is 2. The van der Waals surface area contributed by atoms with Crippen LogP contribution in [0.2, 0.25) is 0 Å². The number of alkyl halides is 2. The zero-order valence-electron chi connectivity index (χ0n) is 22.7. The SMILES string of the molecule is CCCC1CCC(C(F)(F)Oc2ccc(C3CCC(/C=C/c4cc(F)c(OC=C(F)F)c(F)c4)CC3)cc2)CC1. The third kappa shape index (κ3) is 8.07. The van der Waals surface area contributed by atoms with Crippen molar-refractivity contribution in [1.29, 1.82) is 0 Å². The van der Waals surface area contributed by atoms with Gasteiger partial charge in [-0.3, -0.25) is 0 Å². The average Bonchev–Trinajstić information content (AvgIpc) is 2.92. The third-order valence-electron chi connectivity index (χ3n) is 8.24. The van der Waals surface area contributed by atoms with Crippen molar-refractivity contribution in [2.75, 3.05) is 0 Å². The second kappa shape index (κ2) is 13.6. The molecule has 0 radical (unpaired) electrons. The Balaban J connectivity index is 1.27. The monoisotopic (exact) mass is 566 g/mol. The fraction of sp³-hybridized carbons (Fsp3) is 0.500. The molecule has 2 saturated carbocycles. The van der Waals surface area contributed by atoms with Crippen LogP contribution in [-0.2, 0) is 0 Å². The Hall–Kier alpha value is -2.90. The lowest BCUT2D eigenvalue weighted by Crippen LogP contribution is -2.37. The molecule has 0 heterocycles. The van der Waals surface area contributed by atoms with Gasteiger partial charge in [0.1, 0.15) is 5.75 Å². The molecule has 0 unspecified atom stereocenters. The second-order valence-corrected chi connectivity index (χ2v) is 11.0. The first-order valence-electron chi connectivity index (χ1n) is 14.2. The average molecular weight is 567 g/mol. The molecule has 0 N–H and O–H groups in total. The first kappa shape index (κ1) is 30.1. The lowest BCUT2D eigenvalue weighted by molar-refractivity contribution is -0.223. The van der Waals surface area contributed by atoms with Gasteiger partial charge in [0, 0.05) is 0 Å². The van der Waals surface area contributed by atoms with E-state index in [1.165, 1.54) is 0 Å².